The van der Waals surface area contributed by atoms with Crippen LogP contribution in [-0.2, 0) is 6.42 Å². The van der Waals surface area contributed by atoms with E-state index in [4.69, 9.17) is 14.2 Å². The number of carbonyl (C=O) groups is 2. The lowest BCUT2D eigenvalue weighted by Crippen LogP contribution is -2.67. The van der Waals surface area contributed by atoms with Crippen molar-refractivity contribution in [3.05, 3.63) is 83.4 Å². The monoisotopic (exact) mass is 472 g/mol. The van der Waals surface area contributed by atoms with E-state index in [0.29, 0.717) is 34.9 Å². The molecule has 5 rings (SSSR count). The first-order chi connectivity index (χ1) is 16.9. The van der Waals surface area contributed by atoms with E-state index in [1.165, 1.54) is 19.1 Å². The van der Waals surface area contributed by atoms with Gasteiger partial charge in [0.05, 0.1) is 20.3 Å². The van der Waals surface area contributed by atoms with Crippen LogP contribution in [0, 0.1) is 0 Å². The van der Waals surface area contributed by atoms with E-state index in [9.17, 15) is 9.59 Å². The lowest BCUT2D eigenvalue weighted by Gasteiger charge is -2.53. The molecular formula is C28H28N2O5. The molecule has 7 heteroatoms. The van der Waals surface area contributed by atoms with Crippen molar-refractivity contribution in [3.8, 4) is 17.2 Å². The van der Waals surface area contributed by atoms with E-state index in [1.54, 1.807) is 23.1 Å². The van der Waals surface area contributed by atoms with Crippen molar-refractivity contribution in [1.82, 2.24) is 4.90 Å². The lowest BCUT2D eigenvalue weighted by molar-refractivity contribution is 0.00265. The highest BCUT2D eigenvalue weighted by Crippen LogP contribution is 2.49. The van der Waals surface area contributed by atoms with E-state index < -0.39 is 23.7 Å². The zero-order chi connectivity index (χ0) is 24.7. The van der Waals surface area contributed by atoms with Crippen LogP contribution in [0.25, 0.3) is 0 Å². The standard InChI is InChI=1S/C28H28N2O5/c1-5-18-9-8-10-20(13-18)30-27(32)29(26(31)19-14-21(33-3)16-22(15-19)34-4)24-17-28(30,2)35-25-12-7-6-11-23(24)25/h6-16,24H,5,17H2,1-4H3/t24-,28-/m1/s1. The fourth-order valence-corrected chi connectivity index (χ4v) is 5.00. The molecule has 7 nitrogen and oxygen atoms in total. The van der Waals surface area contributed by atoms with Gasteiger partial charge >= 0.3 is 6.03 Å². The van der Waals surface area contributed by atoms with Crippen LogP contribution in [0.2, 0.25) is 0 Å². The molecule has 2 aliphatic heterocycles. The summed E-state index contributed by atoms with van der Waals surface area (Å²) in [5.41, 5.74) is 1.95. The molecule has 1 fully saturated rings. The minimum absolute atomic E-state index is 0.310. The topological polar surface area (TPSA) is 68.3 Å². The number of amides is 3. The summed E-state index contributed by atoms with van der Waals surface area (Å²) < 4.78 is 17.2. The molecule has 2 heterocycles. The van der Waals surface area contributed by atoms with Gasteiger partial charge in [0.25, 0.3) is 5.91 Å². The number of para-hydroxylation sites is 1. The van der Waals surface area contributed by atoms with E-state index in [2.05, 4.69) is 6.92 Å². The van der Waals surface area contributed by atoms with Crippen LogP contribution < -0.4 is 19.1 Å². The van der Waals surface area contributed by atoms with Gasteiger partial charge in [-0.25, -0.2) is 4.79 Å². The Balaban J connectivity index is 1.67. The highest BCUT2D eigenvalue weighted by atomic mass is 16.5. The van der Waals surface area contributed by atoms with E-state index in [0.717, 1.165) is 17.5 Å². The van der Waals surface area contributed by atoms with Gasteiger partial charge in [0.2, 0.25) is 0 Å². The molecule has 3 amide bonds. The van der Waals surface area contributed by atoms with Crippen molar-refractivity contribution in [1.29, 1.82) is 0 Å². The van der Waals surface area contributed by atoms with Crippen LogP contribution in [0.4, 0.5) is 10.5 Å². The predicted octanol–water partition coefficient (Wildman–Crippen LogP) is 5.59. The summed E-state index contributed by atoms with van der Waals surface area (Å²) in [4.78, 5) is 31.1. The largest absolute Gasteiger partial charge is 0.497 e. The number of methoxy groups -OCH3 is 2. The summed E-state index contributed by atoms with van der Waals surface area (Å²) in [6.45, 7) is 3.97. The third-order valence-corrected chi connectivity index (χ3v) is 6.76. The van der Waals surface area contributed by atoms with Crippen molar-refractivity contribution < 1.29 is 23.8 Å². The van der Waals surface area contributed by atoms with E-state index >= 15 is 0 Å². The summed E-state index contributed by atoms with van der Waals surface area (Å²) in [6, 6.07) is 19.4. The third-order valence-electron chi connectivity index (χ3n) is 6.76. The number of imide groups is 1. The normalized spacial score (nSPS) is 20.7. The molecule has 35 heavy (non-hydrogen) atoms. The Morgan fingerprint density at radius 1 is 1.03 bits per heavy atom. The van der Waals surface area contributed by atoms with E-state index in [-0.39, 0.29) is 0 Å². The first kappa shape index (κ1) is 22.8. The molecular weight excluding hydrogens is 444 g/mol. The van der Waals surface area contributed by atoms with Crippen LogP contribution in [-0.4, -0.2) is 36.8 Å². The summed E-state index contributed by atoms with van der Waals surface area (Å²) in [7, 11) is 3.05. The Kier molecular flexibility index (Phi) is 5.63. The molecule has 180 valence electrons. The first-order valence-corrected chi connectivity index (χ1v) is 11.7. The highest BCUT2D eigenvalue weighted by molar-refractivity contribution is 6.10. The molecule has 0 spiro atoms. The minimum atomic E-state index is -0.953. The second-order valence-electron chi connectivity index (χ2n) is 8.95. The van der Waals surface area contributed by atoms with Crippen molar-refractivity contribution in [3.63, 3.8) is 0 Å². The third kappa shape index (κ3) is 3.77. The van der Waals surface area contributed by atoms with Gasteiger partial charge in [0.15, 0.2) is 5.72 Å². The molecule has 0 unspecified atom stereocenters. The van der Waals surface area contributed by atoms with Gasteiger partial charge in [0, 0.05) is 29.3 Å². The Bertz CT molecular complexity index is 1280. The van der Waals surface area contributed by atoms with Crippen molar-refractivity contribution in [2.75, 3.05) is 19.1 Å². The van der Waals surface area contributed by atoms with Crippen LogP contribution in [0.15, 0.2) is 66.7 Å². The summed E-state index contributed by atoms with van der Waals surface area (Å²) in [6.07, 6.45) is 1.25. The molecule has 2 aliphatic rings. The molecule has 0 aromatic heterocycles. The average Bonchev–Trinajstić information content (AvgIpc) is 2.87. The Hall–Kier alpha value is -4.00. The van der Waals surface area contributed by atoms with Gasteiger partial charge < -0.3 is 14.2 Å². The molecule has 0 aliphatic carbocycles. The summed E-state index contributed by atoms with van der Waals surface area (Å²) >= 11 is 0. The van der Waals surface area contributed by atoms with Crippen LogP contribution >= 0.6 is 0 Å². The molecule has 0 N–H and O–H groups in total. The van der Waals surface area contributed by atoms with Crippen molar-refractivity contribution in [2.45, 2.75) is 38.5 Å². The van der Waals surface area contributed by atoms with Crippen LogP contribution in [0.3, 0.4) is 0 Å². The number of benzene rings is 3. The number of hydrogen-bond donors (Lipinski definition) is 0. The maximum absolute atomic E-state index is 14.2. The zero-order valence-corrected chi connectivity index (χ0v) is 20.3. The molecule has 3 aromatic rings. The summed E-state index contributed by atoms with van der Waals surface area (Å²) in [5, 5.41) is 0. The minimum Gasteiger partial charge on any atom is -0.497 e. The number of ether oxygens (including phenoxy) is 3. The molecule has 2 atom stereocenters. The maximum Gasteiger partial charge on any atom is 0.335 e. The van der Waals surface area contributed by atoms with Gasteiger partial charge in [-0.1, -0.05) is 37.3 Å². The zero-order valence-electron chi connectivity index (χ0n) is 20.3. The predicted molar refractivity (Wildman–Crippen MR) is 132 cm³/mol. The fourth-order valence-electron chi connectivity index (χ4n) is 5.00. The fraction of sp³-hybridized carbons (Fsp3) is 0.286. The van der Waals surface area contributed by atoms with Gasteiger partial charge in [-0.2, -0.15) is 0 Å². The average molecular weight is 473 g/mol. The summed E-state index contributed by atoms with van der Waals surface area (Å²) in [5.74, 6) is 1.19. The number of rotatable bonds is 5. The number of carbonyl (C=O) groups excluding carboxylic acids is 2. The molecule has 0 saturated carbocycles. The Morgan fingerprint density at radius 3 is 2.43 bits per heavy atom. The molecule has 1 saturated heterocycles. The molecule has 3 aromatic carbocycles. The lowest BCUT2D eigenvalue weighted by atomic mass is 9.88. The second kappa shape index (κ2) is 8.65. The van der Waals surface area contributed by atoms with Gasteiger partial charge in [-0.3, -0.25) is 14.6 Å². The van der Waals surface area contributed by atoms with Gasteiger partial charge in [-0.05, 0) is 49.2 Å². The van der Waals surface area contributed by atoms with Crippen molar-refractivity contribution >= 4 is 17.6 Å². The van der Waals surface area contributed by atoms with E-state index in [1.807, 2.05) is 55.5 Å². The van der Waals surface area contributed by atoms with Crippen LogP contribution in [0.5, 0.6) is 17.2 Å². The number of anilines is 1. The first-order valence-electron chi connectivity index (χ1n) is 11.7. The Labute approximate surface area is 204 Å². The number of hydrogen-bond acceptors (Lipinski definition) is 5. The quantitative estimate of drug-likeness (QED) is 0.484. The highest BCUT2D eigenvalue weighted by Gasteiger charge is 2.55. The Morgan fingerprint density at radius 2 is 1.74 bits per heavy atom. The smallest absolute Gasteiger partial charge is 0.335 e. The maximum atomic E-state index is 14.2. The van der Waals surface area contributed by atoms with Crippen molar-refractivity contribution in [2.24, 2.45) is 0 Å². The van der Waals surface area contributed by atoms with Gasteiger partial charge in [0.1, 0.15) is 17.2 Å². The number of nitrogens with zero attached hydrogens (tertiary/aromatic N) is 2. The number of aryl methyl sites for hydroxylation is 1. The SMILES string of the molecule is CCc1cccc(N2C(=O)N(C(=O)c3cc(OC)cc(OC)c3)[C@@H]3C[C@@]2(C)Oc2ccccc23)c1. The van der Waals surface area contributed by atoms with Gasteiger partial charge in [-0.15, -0.1) is 0 Å². The molecule has 0 radical (unpaired) electrons. The number of fused-ring (bicyclic) bond motifs is 4. The number of urea groups is 1. The molecule has 2 bridgehead atoms. The van der Waals surface area contributed by atoms with Crippen LogP contribution in [0.1, 0.15) is 47.8 Å². The second-order valence-corrected chi connectivity index (χ2v) is 8.95.